The number of halogens is 1. The first-order valence-electron chi connectivity index (χ1n) is 7.69. The molecule has 3 heteroatoms. The van der Waals surface area contributed by atoms with E-state index in [0.29, 0.717) is 12.2 Å². The number of Topliss-reactive ketones (excluding diaryl/α,β-unsaturated/α-hetero) is 1. The van der Waals surface area contributed by atoms with E-state index in [4.69, 9.17) is 0 Å². The van der Waals surface area contributed by atoms with Crippen LogP contribution < -0.4 is 5.32 Å². The van der Waals surface area contributed by atoms with Crippen LogP contribution in [0.3, 0.4) is 0 Å². The van der Waals surface area contributed by atoms with E-state index in [1.54, 1.807) is 0 Å². The van der Waals surface area contributed by atoms with Gasteiger partial charge in [-0.3, -0.25) is 10.1 Å². The Morgan fingerprint density at radius 3 is 2.18 bits per heavy atom. The Bertz CT molecular complexity index is 599. The normalized spacial score (nSPS) is 21.2. The second-order valence-corrected chi connectivity index (χ2v) is 5.74. The van der Waals surface area contributed by atoms with Gasteiger partial charge in [0.05, 0.1) is 0 Å². The molecule has 1 aliphatic rings. The van der Waals surface area contributed by atoms with E-state index < -0.39 is 5.54 Å². The van der Waals surface area contributed by atoms with Crippen molar-refractivity contribution in [2.45, 2.75) is 37.8 Å². The molecule has 2 aromatic rings. The molecule has 2 aromatic carbocycles. The average Bonchev–Trinajstić information content (AvgIpc) is 2.56. The molecule has 0 amide bonds. The van der Waals surface area contributed by atoms with E-state index >= 15 is 0 Å². The third-order valence-electron chi connectivity index (χ3n) is 4.39. The lowest BCUT2D eigenvalue weighted by molar-refractivity contribution is -0.128. The fraction of sp³-hybridized carbons (Fsp3) is 0.316. The van der Waals surface area contributed by atoms with Gasteiger partial charge in [-0.1, -0.05) is 67.1 Å². The number of ketones is 1. The second kappa shape index (κ2) is 7.57. The van der Waals surface area contributed by atoms with Crippen LogP contribution in [0.25, 0.3) is 0 Å². The van der Waals surface area contributed by atoms with Crippen LogP contribution in [0, 0.1) is 0 Å². The van der Waals surface area contributed by atoms with Gasteiger partial charge >= 0.3 is 0 Å². The summed E-state index contributed by atoms with van der Waals surface area (Å²) in [5, 5.41) is 3.57. The number of nitrogens with one attached hydrogen (secondary N) is 1. The zero-order valence-electron chi connectivity index (χ0n) is 12.6. The van der Waals surface area contributed by atoms with Crippen LogP contribution in [0.5, 0.6) is 0 Å². The third-order valence-corrected chi connectivity index (χ3v) is 4.39. The van der Waals surface area contributed by atoms with E-state index in [1.807, 2.05) is 36.4 Å². The lowest BCUT2D eigenvalue weighted by Gasteiger charge is -2.37. The molecular formula is C19H22ClNO. The van der Waals surface area contributed by atoms with Crippen molar-refractivity contribution in [2.24, 2.45) is 0 Å². The van der Waals surface area contributed by atoms with Crippen LogP contribution in [-0.2, 0) is 16.9 Å². The fourth-order valence-corrected chi connectivity index (χ4v) is 3.19. The summed E-state index contributed by atoms with van der Waals surface area (Å²) in [7, 11) is 0. The first-order valence-corrected chi connectivity index (χ1v) is 7.69. The van der Waals surface area contributed by atoms with Gasteiger partial charge in [-0.2, -0.15) is 0 Å². The largest absolute Gasteiger partial charge is 0.297 e. The Kier molecular flexibility index (Phi) is 5.76. The number of hydrogen-bond acceptors (Lipinski definition) is 2. The van der Waals surface area contributed by atoms with Gasteiger partial charge in [-0.25, -0.2) is 0 Å². The van der Waals surface area contributed by atoms with E-state index in [9.17, 15) is 4.79 Å². The fourth-order valence-electron chi connectivity index (χ4n) is 3.19. The predicted molar refractivity (Wildman–Crippen MR) is 92.1 cm³/mol. The summed E-state index contributed by atoms with van der Waals surface area (Å²) in [6.07, 6.45) is 3.68. The molecule has 0 aromatic heterocycles. The monoisotopic (exact) mass is 315 g/mol. The molecule has 3 rings (SSSR count). The van der Waals surface area contributed by atoms with Crippen LogP contribution in [-0.4, -0.2) is 5.78 Å². The molecule has 0 spiro atoms. The average molecular weight is 316 g/mol. The number of hydrogen-bond donors (Lipinski definition) is 1. The summed E-state index contributed by atoms with van der Waals surface area (Å²) in [5.41, 5.74) is 1.81. The van der Waals surface area contributed by atoms with Crippen molar-refractivity contribution in [3.8, 4) is 0 Å². The molecule has 0 radical (unpaired) electrons. The molecule has 1 N–H and O–H groups in total. The minimum Gasteiger partial charge on any atom is -0.297 e. The highest BCUT2D eigenvalue weighted by Crippen LogP contribution is 2.34. The van der Waals surface area contributed by atoms with Crippen LogP contribution in [0.2, 0.25) is 0 Å². The van der Waals surface area contributed by atoms with Gasteiger partial charge in [0.2, 0.25) is 0 Å². The van der Waals surface area contributed by atoms with Crippen molar-refractivity contribution < 1.29 is 4.79 Å². The van der Waals surface area contributed by atoms with E-state index in [2.05, 4.69) is 29.6 Å². The highest BCUT2D eigenvalue weighted by Gasteiger charge is 2.40. The maximum Gasteiger partial charge on any atom is 0.157 e. The zero-order valence-corrected chi connectivity index (χ0v) is 13.4. The SMILES string of the molecule is Cl.O=C1CCCCC1(NCc1ccccc1)c1ccccc1. The summed E-state index contributed by atoms with van der Waals surface area (Å²) in [4.78, 5) is 12.7. The Labute approximate surface area is 138 Å². The summed E-state index contributed by atoms with van der Waals surface area (Å²) < 4.78 is 0. The second-order valence-electron chi connectivity index (χ2n) is 5.74. The molecule has 1 saturated carbocycles. The third kappa shape index (κ3) is 3.40. The molecule has 2 nitrogen and oxygen atoms in total. The Balaban J connectivity index is 0.00000176. The van der Waals surface area contributed by atoms with Crippen molar-refractivity contribution in [3.05, 3.63) is 71.8 Å². The Morgan fingerprint density at radius 1 is 0.909 bits per heavy atom. The van der Waals surface area contributed by atoms with Gasteiger partial charge in [0.15, 0.2) is 5.78 Å². The molecule has 1 fully saturated rings. The molecular weight excluding hydrogens is 294 g/mol. The van der Waals surface area contributed by atoms with Crippen molar-refractivity contribution in [2.75, 3.05) is 0 Å². The van der Waals surface area contributed by atoms with Gasteiger partial charge in [0.1, 0.15) is 5.54 Å². The number of carbonyl (C=O) groups is 1. The van der Waals surface area contributed by atoms with Crippen molar-refractivity contribution in [1.29, 1.82) is 0 Å². The van der Waals surface area contributed by atoms with Crippen LogP contribution in [0.4, 0.5) is 0 Å². The van der Waals surface area contributed by atoms with Gasteiger partial charge in [0.25, 0.3) is 0 Å². The smallest absolute Gasteiger partial charge is 0.157 e. The standard InChI is InChI=1S/C19H21NO.ClH/c21-18-13-7-8-14-19(18,17-11-5-2-6-12-17)20-15-16-9-3-1-4-10-16;/h1-6,9-12,20H,7-8,13-15H2;1H. The lowest BCUT2D eigenvalue weighted by Crippen LogP contribution is -2.50. The molecule has 1 unspecified atom stereocenters. The van der Waals surface area contributed by atoms with E-state index in [-0.39, 0.29) is 12.4 Å². The summed E-state index contributed by atoms with van der Waals surface area (Å²) in [6.45, 7) is 0.724. The summed E-state index contributed by atoms with van der Waals surface area (Å²) >= 11 is 0. The number of carbonyl (C=O) groups excluding carboxylic acids is 1. The van der Waals surface area contributed by atoms with Gasteiger partial charge < -0.3 is 0 Å². The molecule has 116 valence electrons. The zero-order chi connectivity index (χ0) is 14.5. The van der Waals surface area contributed by atoms with Crippen LogP contribution in [0.15, 0.2) is 60.7 Å². The van der Waals surface area contributed by atoms with Gasteiger partial charge in [0, 0.05) is 13.0 Å². The van der Waals surface area contributed by atoms with E-state index in [1.165, 1.54) is 5.56 Å². The van der Waals surface area contributed by atoms with E-state index in [0.717, 1.165) is 31.4 Å². The molecule has 0 bridgehead atoms. The lowest BCUT2D eigenvalue weighted by atomic mass is 9.75. The highest BCUT2D eigenvalue weighted by molar-refractivity contribution is 5.90. The first-order chi connectivity index (χ1) is 10.3. The minimum absolute atomic E-state index is 0. The molecule has 22 heavy (non-hydrogen) atoms. The Morgan fingerprint density at radius 2 is 1.55 bits per heavy atom. The molecule has 0 saturated heterocycles. The van der Waals surface area contributed by atoms with Crippen LogP contribution in [0.1, 0.15) is 36.8 Å². The predicted octanol–water partition coefficient (Wildman–Crippen LogP) is 4.24. The highest BCUT2D eigenvalue weighted by atomic mass is 35.5. The van der Waals surface area contributed by atoms with Gasteiger partial charge in [-0.15, -0.1) is 12.4 Å². The molecule has 1 aliphatic carbocycles. The minimum atomic E-state index is -0.505. The summed E-state index contributed by atoms with van der Waals surface area (Å²) in [5.74, 6) is 0.330. The van der Waals surface area contributed by atoms with Gasteiger partial charge in [-0.05, 0) is 24.0 Å². The van der Waals surface area contributed by atoms with Crippen molar-refractivity contribution in [3.63, 3.8) is 0 Å². The molecule has 1 atom stereocenters. The molecule has 0 aliphatic heterocycles. The van der Waals surface area contributed by atoms with Crippen molar-refractivity contribution >= 4 is 18.2 Å². The van der Waals surface area contributed by atoms with Crippen LogP contribution >= 0.6 is 12.4 Å². The number of rotatable bonds is 4. The number of benzene rings is 2. The Hall–Kier alpha value is -1.64. The molecule has 0 heterocycles. The van der Waals surface area contributed by atoms with Crippen molar-refractivity contribution in [1.82, 2.24) is 5.32 Å². The maximum absolute atomic E-state index is 12.7. The maximum atomic E-state index is 12.7. The first kappa shape index (κ1) is 16.7. The summed E-state index contributed by atoms with van der Waals surface area (Å²) in [6, 6.07) is 20.5. The quantitative estimate of drug-likeness (QED) is 0.914. The topological polar surface area (TPSA) is 29.1 Å².